The van der Waals surface area contributed by atoms with Gasteiger partial charge in [0.2, 0.25) is 0 Å². The maximum Gasteiger partial charge on any atom is 0.0455 e. The molecule has 0 unspecified atom stereocenters. The molecule has 2 aromatic rings. The van der Waals surface area contributed by atoms with Crippen LogP contribution in [0.3, 0.4) is 0 Å². The van der Waals surface area contributed by atoms with Crippen molar-refractivity contribution >= 4 is 0 Å². The molecule has 0 atom stereocenters. The molecule has 0 spiro atoms. The molecule has 20 heavy (non-hydrogen) atoms. The molecule has 0 aliphatic heterocycles. The van der Waals surface area contributed by atoms with Gasteiger partial charge in [-0.05, 0) is 68.7 Å². The van der Waals surface area contributed by atoms with Crippen molar-refractivity contribution in [2.45, 2.75) is 59.3 Å². The lowest BCUT2D eigenvalue weighted by Gasteiger charge is -2.13. The molecule has 0 saturated carbocycles. The first-order valence-corrected chi connectivity index (χ1v) is 8.07. The molecular weight excluding hydrogens is 242 g/mol. The molecule has 0 saturated heterocycles. The molecule has 106 valence electrons. The van der Waals surface area contributed by atoms with Gasteiger partial charge < -0.3 is 4.57 Å². The number of aromatic nitrogens is 1. The van der Waals surface area contributed by atoms with Crippen LogP contribution in [0.25, 0.3) is 5.69 Å². The van der Waals surface area contributed by atoms with Crippen LogP contribution >= 0.6 is 0 Å². The third-order valence-electron chi connectivity index (χ3n) is 4.67. The molecule has 0 radical (unpaired) electrons. The maximum atomic E-state index is 2.55. The van der Waals surface area contributed by atoms with Crippen molar-refractivity contribution in [1.82, 2.24) is 4.57 Å². The Labute approximate surface area is 122 Å². The standard InChI is InChI=1S/C19H25N/c1-4-18-16-8-6-7-9-17(16)19(5-2)20(18)15-12-10-14(3)11-13-15/h10-13H,4-9H2,1-3H3. The van der Waals surface area contributed by atoms with E-state index >= 15 is 0 Å². The van der Waals surface area contributed by atoms with Gasteiger partial charge in [0.1, 0.15) is 0 Å². The second-order valence-electron chi connectivity index (χ2n) is 5.94. The van der Waals surface area contributed by atoms with Crippen molar-refractivity contribution in [2.75, 3.05) is 0 Å². The van der Waals surface area contributed by atoms with E-state index in [2.05, 4.69) is 49.6 Å². The van der Waals surface area contributed by atoms with Gasteiger partial charge in [0.05, 0.1) is 0 Å². The van der Waals surface area contributed by atoms with Crippen molar-refractivity contribution < 1.29 is 0 Å². The van der Waals surface area contributed by atoms with Crippen LogP contribution in [-0.2, 0) is 25.7 Å². The predicted octanol–water partition coefficient (Wildman–Crippen LogP) is 4.79. The van der Waals surface area contributed by atoms with Crippen molar-refractivity contribution in [3.05, 3.63) is 52.3 Å². The molecule has 1 aromatic heterocycles. The maximum absolute atomic E-state index is 2.55. The van der Waals surface area contributed by atoms with Gasteiger partial charge in [-0.15, -0.1) is 0 Å². The summed E-state index contributed by atoms with van der Waals surface area (Å²) in [5.74, 6) is 0. The summed E-state index contributed by atoms with van der Waals surface area (Å²) >= 11 is 0. The molecule has 1 nitrogen and oxygen atoms in total. The quantitative estimate of drug-likeness (QED) is 0.753. The van der Waals surface area contributed by atoms with Crippen molar-refractivity contribution in [1.29, 1.82) is 0 Å². The number of fused-ring (bicyclic) bond motifs is 1. The first-order chi connectivity index (χ1) is 9.76. The highest BCUT2D eigenvalue weighted by Gasteiger charge is 2.23. The van der Waals surface area contributed by atoms with Gasteiger partial charge in [0.15, 0.2) is 0 Å². The Morgan fingerprint density at radius 2 is 1.35 bits per heavy atom. The number of rotatable bonds is 3. The van der Waals surface area contributed by atoms with E-state index in [1.807, 2.05) is 0 Å². The summed E-state index contributed by atoms with van der Waals surface area (Å²) < 4.78 is 2.55. The van der Waals surface area contributed by atoms with Crippen LogP contribution in [-0.4, -0.2) is 4.57 Å². The Bertz CT molecular complexity index is 570. The van der Waals surface area contributed by atoms with E-state index in [-0.39, 0.29) is 0 Å². The molecule has 0 N–H and O–H groups in total. The van der Waals surface area contributed by atoms with Crippen molar-refractivity contribution in [3.8, 4) is 5.69 Å². The molecule has 1 aromatic carbocycles. The van der Waals surface area contributed by atoms with Gasteiger partial charge in [0.25, 0.3) is 0 Å². The fourth-order valence-electron chi connectivity index (χ4n) is 3.72. The summed E-state index contributed by atoms with van der Waals surface area (Å²) in [5, 5.41) is 0. The van der Waals surface area contributed by atoms with E-state index in [1.165, 1.54) is 36.9 Å². The van der Waals surface area contributed by atoms with E-state index in [9.17, 15) is 0 Å². The summed E-state index contributed by atoms with van der Waals surface area (Å²) in [7, 11) is 0. The van der Waals surface area contributed by atoms with Gasteiger partial charge in [-0.1, -0.05) is 31.5 Å². The van der Waals surface area contributed by atoms with Crippen molar-refractivity contribution in [3.63, 3.8) is 0 Å². The van der Waals surface area contributed by atoms with Crippen LogP contribution in [0.2, 0.25) is 0 Å². The Balaban J connectivity index is 2.22. The molecule has 0 bridgehead atoms. The Morgan fingerprint density at radius 3 is 1.80 bits per heavy atom. The monoisotopic (exact) mass is 267 g/mol. The summed E-state index contributed by atoms with van der Waals surface area (Å²) in [5.41, 5.74) is 9.12. The van der Waals surface area contributed by atoms with E-state index in [0.717, 1.165) is 12.8 Å². The molecule has 3 rings (SSSR count). The van der Waals surface area contributed by atoms with Gasteiger partial charge in [-0.3, -0.25) is 0 Å². The molecule has 1 aliphatic rings. The molecule has 1 heterocycles. The van der Waals surface area contributed by atoms with E-state index in [1.54, 1.807) is 22.5 Å². The molecular formula is C19H25N. The first kappa shape index (κ1) is 13.5. The zero-order valence-electron chi connectivity index (χ0n) is 13.0. The van der Waals surface area contributed by atoms with Crippen LogP contribution in [0.1, 0.15) is 54.8 Å². The highest BCUT2D eigenvalue weighted by molar-refractivity contribution is 5.48. The number of benzene rings is 1. The lowest BCUT2D eigenvalue weighted by Crippen LogP contribution is -2.04. The molecule has 1 aliphatic carbocycles. The SMILES string of the molecule is CCc1c2c(c(CC)n1-c1ccc(C)cc1)CCCC2. The summed E-state index contributed by atoms with van der Waals surface area (Å²) in [6.07, 6.45) is 7.56. The lowest BCUT2D eigenvalue weighted by atomic mass is 9.91. The second kappa shape index (κ2) is 5.47. The highest BCUT2D eigenvalue weighted by Crippen LogP contribution is 2.33. The minimum Gasteiger partial charge on any atom is -0.317 e. The highest BCUT2D eigenvalue weighted by atomic mass is 15.0. The fraction of sp³-hybridized carbons (Fsp3) is 0.474. The summed E-state index contributed by atoms with van der Waals surface area (Å²) in [6.45, 7) is 6.76. The van der Waals surface area contributed by atoms with Crippen LogP contribution < -0.4 is 0 Å². The number of hydrogen-bond acceptors (Lipinski definition) is 0. The average molecular weight is 267 g/mol. The Hall–Kier alpha value is -1.50. The van der Waals surface area contributed by atoms with Crippen LogP contribution in [0.4, 0.5) is 0 Å². The third kappa shape index (κ3) is 2.09. The molecule has 0 amide bonds. The van der Waals surface area contributed by atoms with Crippen LogP contribution in [0, 0.1) is 6.92 Å². The lowest BCUT2D eigenvalue weighted by molar-refractivity contribution is 0.681. The van der Waals surface area contributed by atoms with Gasteiger partial charge >= 0.3 is 0 Å². The predicted molar refractivity (Wildman–Crippen MR) is 85.9 cm³/mol. The largest absolute Gasteiger partial charge is 0.317 e. The minimum atomic E-state index is 1.14. The Morgan fingerprint density at radius 1 is 0.850 bits per heavy atom. The third-order valence-corrected chi connectivity index (χ3v) is 4.67. The molecule has 1 heteroatoms. The first-order valence-electron chi connectivity index (χ1n) is 8.07. The topological polar surface area (TPSA) is 4.93 Å². The van der Waals surface area contributed by atoms with Gasteiger partial charge in [-0.25, -0.2) is 0 Å². The summed E-state index contributed by atoms with van der Waals surface area (Å²) in [4.78, 5) is 0. The van der Waals surface area contributed by atoms with E-state index < -0.39 is 0 Å². The number of hydrogen-bond donors (Lipinski definition) is 0. The van der Waals surface area contributed by atoms with Gasteiger partial charge in [-0.2, -0.15) is 0 Å². The van der Waals surface area contributed by atoms with Crippen LogP contribution in [0.5, 0.6) is 0 Å². The zero-order valence-corrected chi connectivity index (χ0v) is 13.0. The summed E-state index contributed by atoms with van der Waals surface area (Å²) in [6, 6.07) is 9.01. The smallest absolute Gasteiger partial charge is 0.0455 e. The number of aryl methyl sites for hydroxylation is 1. The van der Waals surface area contributed by atoms with Crippen LogP contribution in [0.15, 0.2) is 24.3 Å². The minimum absolute atomic E-state index is 1.14. The normalized spacial score (nSPS) is 14.3. The number of nitrogens with zero attached hydrogens (tertiary/aromatic N) is 1. The van der Waals surface area contributed by atoms with E-state index in [4.69, 9.17) is 0 Å². The van der Waals surface area contributed by atoms with Crippen molar-refractivity contribution in [2.24, 2.45) is 0 Å². The fourth-order valence-corrected chi connectivity index (χ4v) is 3.72. The van der Waals surface area contributed by atoms with E-state index in [0.29, 0.717) is 0 Å². The zero-order chi connectivity index (χ0) is 14.1. The molecule has 0 fully saturated rings. The Kier molecular flexibility index (Phi) is 3.69. The average Bonchev–Trinajstić information content (AvgIpc) is 2.81. The van der Waals surface area contributed by atoms with Gasteiger partial charge in [0, 0.05) is 17.1 Å². The second-order valence-corrected chi connectivity index (χ2v) is 5.94.